The van der Waals surface area contributed by atoms with E-state index in [9.17, 15) is 18.5 Å². The number of nitrogens with zero attached hydrogens (tertiary/aromatic N) is 2. The van der Waals surface area contributed by atoms with Crippen LogP contribution in [0, 0.1) is 57.5 Å². The fourth-order valence-corrected chi connectivity index (χ4v) is 5.55. The Morgan fingerprint density at radius 2 is 1.23 bits per heavy atom. The predicted octanol–water partition coefficient (Wildman–Crippen LogP) is 4.92. The van der Waals surface area contributed by atoms with Crippen LogP contribution in [-0.2, 0) is 10.0 Å². The Labute approximate surface area is 239 Å². The van der Waals surface area contributed by atoms with Crippen LogP contribution in [0.3, 0.4) is 0 Å². The lowest BCUT2D eigenvalue weighted by molar-refractivity contribution is -0.384. The molecule has 0 fully saturated rings. The highest BCUT2D eigenvalue weighted by Crippen LogP contribution is 2.20. The second-order valence-corrected chi connectivity index (χ2v) is 11.4. The molecule has 0 aliphatic carbocycles. The van der Waals surface area contributed by atoms with Crippen LogP contribution in [0.15, 0.2) is 77.7 Å². The summed E-state index contributed by atoms with van der Waals surface area (Å²) in [7, 11) is -3.96. The molecule has 0 N–H and O–H groups in total. The van der Waals surface area contributed by atoms with Crippen molar-refractivity contribution in [2.75, 3.05) is 24.6 Å². The van der Waals surface area contributed by atoms with Crippen LogP contribution in [0.4, 0.5) is 5.69 Å². The lowest BCUT2D eigenvalue weighted by Gasteiger charge is -2.19. The summed E-state index contributed by atoms with van der Waals surface area (Å²) in [5.41, 5.74) is 2.98. The number of non-ortho nitro benzene ring substituents is 1. The van der Waals surface area contributed by atoms with Crippen LogP contribution in [0.2, 0.25) is 0 Å². The van der Waals surface area contributed by atoms with E-state index < -0.39 is 14.9 Å². The zero-order valence-corrected chi connectivity index (χ0v) is 23.1. The van der Waals surface area contributed by atoms with Crippen molar-refractivity contribution >= 4 is 27.5 Å². The fraction of sp³-hybridized carbons (Fsp3) is 0.188. The summed E-state index contributed by atoms with van der Waals surface area (Å²) in [6, 6.07) is 20.0. The molecule has 8 heteroatoms. The molecule has 40 heavy (non-hydrogen) atoms. The smallest absolute Gasteiger partial charge is 0.258 e. The lowest BCUT2D eigenvalue weighted by Crippen LogP contribution is -2.32. The molecule has 198 valence electrons. The normalized spacial score (nSPS) is 14.1. The maximum atomic E-state index is 13.5. The summed E-state index contributed by atoms with van der Waals surface area (Å²) >= 11 is 1.63. The summed E-state index contributed by atoms with van der Waals surface area (Å²) in [6.07, 6.45) is 0.948. The molecule has 0 radical (unpaired) electrons. The molecule has 0 amide bonds. The lowest BCUT2D eigenvalue weighted by atomic mass is 10.1. The predicted molar refractivity (Wildman–Crippen MR) is 159 cm³/mol. The van der Waals surface area contributed by atoms with Gasteiger partial charge in [0.2, 0.25) is 10.0 Å². The van der Waals surface area contributed by atoms with Crippen molar-refractivity contribution in [1.29, 1.82) is 0 Å². The monoisotopic (exact) mass is 564 g/mol. The highest BCUT2D eigenvalue weighted by Gasteiger charge is 2.24. The number of nitro groups is 1. The van der Waals surface area contributed by atoms with Gasteiger partial charge in [-0.3, -0.25) is 10.1 Å². The Kier molecular flexibility index (Phi) is 10.1. The van der Waals surface area contributed by atoms with E-state index in [1.54, 1.807) is 11.8 Å². The van der Waals surface area contributed by atoms with Crippen molar-refractivity contribution < 1.29 is 13.3 Å². The third kappa shape index (κ3) is 7.79. The van der Waals surface area contributed by atoms with Crippen LogP contribution in [0.1, 0.15) is 35.1 Å². The summed E-state index contributed by atoms with van der Waals surface area (Å²) in [5, 5.41) is 11.0. The first-order valence-corrected chi connectivity index (χ1v) is 15.0. The Morgan fingerprint density at radius 3 is 1.75 bits per heavy atom. The Balaban J connectivity index is 1.66. The van der Waals surface area contributed by atoms with E-state index in [2.05, 4.69) is 47.4 Å². The highest BCUT2D eigenvalue weighted by atomic mass is 32.2. The molecule has 4 rings (SSSR count). The molecule has 3 aromatic rings. The van der Waals surface area contributed by atoms with Crippen LogP contribution in [-0.4, -0.2) is 42.2 Å². The Bertz CT molecular complexity index is 1750. The Hall–Kier alpha value is -4.44. The van der Waals surface area contributed by atoms with Gasteiger partial charge in [0.15, 0.2) is 0 Å². The molecular formula is C32H24N2O4S2. The fourth-order valence-electron chi connectivity index (χ4n) is 3.72. The van der Waals surface area contributed by atoms with E-state index in [4.69, 9.17) is 0 Å². The van der Waals surface area contributed by atoms with E-state index in [0.29, 0.717) is 29.9 Å². The van der Waals surface area contributed by atoms with E-state index in [-0.39, 0.29) is 23.7 Å². The molecule has 0 aromatic heterocycles. The van der Waals surface area contributed by atoms with Gasteiger partial charge in [0.25, 0.3) is 5.69 Å². The van der Waals surface area contributed by atoms with Gasteiger partial charge in [-0.15, -0.1) is 11.8 Å². The minimum absolute atomic E-state index is 0.0308. The molecule has 0 saturated carbocycles. The minimum atomic E-state index is -3.96. The maximum absolute atomic E-state index is 13.5. The zero-order valence-electron chi connectivity index (χ0n) is 21.5. The molecule has 0 atom stereocenters. The number of sulfonamides is 1. The maximum Gasteiger partial charge on any atom is 0.269 e. The summed E-state index contributed by atoms with van der Waals surface area (Å²) in [6.45, 7) is 0.131. The van der Waals surface area contributed by atoms with Gasteiger partial charge in [-0.25, -0.2) is 8.42 Å². The third-order valence-electron chi connectivity index (χ3n) is 5.74. The van der Waals surface area contributed by atoms with E-state index in [1.807, 2.05) is 48.5 Å². The van der Waals surface area contributed by atoms with Gasteiger partial charge in [0.05, 0.1) is 27.9 Å². The molecule has 1 aliphatic rings. The average Bonchev–Trinajstić information content (AvgIpc) is 2.96. The van der Waals surface area contributed by atoms with Gasteiger partial charge >= 0.3 is 0 Å². The first-order valence-electron chi connectivity index (χ1n) is 12.4. The first-order chi connectivity index (χ1) is 19.4. The van der Waals surface area contributed by atoms with Gasteiger partial charge in [0, 0.05) is 47.4 Å². The molecule has 1 heterocycles. The minimum Gasteiger partial charge on any atom is -0.258 e. The number of benzene rings is 3. The van der Waals surface area contributed by atoms with E-state index >= 15 is 0 Å². The SMILES string of the molecule is O=[N+]([O-])c1ccc(S(=O)(=O)N2CC#Cc3ccccc3C#CCSCC#Cc3ccccc3C#CCCC2)cc1. The van der Waals surface area contributed by atoms with Gasteiger partial charge in [-0.05, 0) is 42.8 Å². The molecular weight excluding hydrogens is 540 g/mol. The van der Waals surface area contributed by atoms with E-state index in [1.165, 1.54) is 28.6 Å². The summed E-state index contributed by atoms with van der Waals surface area (Å²) < 4.78 is 28.3. The molecule has 1 aliphatic heterocycles. The quantitative estimate of drug-likeness (QED) is 0.256. The van der Waals surface area contributed by atoms with Crippen LogP contribution < -0.4 is 0 Å². The van der Waals surface area contributed by atoms with Crippen LogP contribution >= 0.6 is 11.8 Å². The van der Waals surface area contributed by atoms with Gasteiger partial charge < -0.3 is 0 Å². The van der Waals surface area contributed by atoms with Gasteiger partial charge in [0.1, 0.15) is 0 Å². The summed E-state index contributed by atoms with van der Waals surface area (Å²) in [4.78, 5) is 10.4. The topological polar surface area (TPSA) is 80.5 Å². The molecule has 0 unspecified atom stereocenters. The molecule has 0 bridgehead atoms. The molecule has 3 aromatic carbocycles. The van der Waals surface area contributed by atoms with Gasteiger partial charge in [-0.1, -0.05) is 71.6 Å². The molecule has 0 saturated heterocycles. The van der Waals surface area contributed by atoms with E-state index in [0.717, 1.165) is 16.7 Å². The van der Waals surface area contributed by atoms with Crippen molar-refractivity contribution in [3.63, 3.8) is 0 Å². The summed E-state index contributed by atoms with van der Waals surface area (Å²) in [5.74, 6) is 26.3. The number of fused-ring (bicyclic) bond motifs is 2. The molecule has 0 spiro atoms. The third-order valence-corrected chi connectivity index (χ3v) is 8.30. The zero-order chi connectivity index (χ0) is 28.2. The molecule has 6 nitrogen and oxygen atoms in total. The number of thioether (sulfide) groups is 1. The highest BCUT2D eigenvalue weighted by molar-refractivity contribution is 7.99. The first kappa shape index (κ1) is 28.6. The van der Waals surface area contributed by atoms with Crippen LogP contribution in [0.25, 0.3) is 0 Å². The van der Waals surface area contributed by atoms with Crippen molar-refractivity contribution in [2.24, 2.45) is 0 Å². The van der Waals surface area contributed by atoms with Crippen molar-refractivity contribution in [3.8, 4) is 47.4 Å². The number of rotatable bonds is 3. The number of nitro benzene ring substituents is 1. The van der Waals surface area contributed by atoms with Crippen LogP contribution in [0.5, 0.6) is 0 Å². The second kappa shape index (κ2) is 14.1. The van der Waals surface area contributed by atoms with Crippen molar-refractivity contribution in [1.82, 2.24) is 4.31 Å². The standard InChI is InChI=1S/C32H24N2O4S2/c35-34(36)31-19-21-32(22-20-31)40(37,38)33-23-7-1-2-11-27-12-3-5-14-29(27)17-9-25-39-26-10-18-30-15-6-4-13-28(30)16-8-24-33/h3-6,12-15,19-22H,1,7,23-26H2. The number of hydrogen-bond donors (Lipinski definition) is 0. The average molecular weight is 565 g/mol. The largest absolute Gasteiger partial charge is 0.269 e. The van der Waals surface area contributed by atoms with Crippen molar-refractivity contribution in [2.45, 2.75) is 17.7 Å². The Morgan fingerprint density at radius 1 is 0.725 bits per heavy atom. The second-order valence-electron chi connectivity index (χ2n) is 8.48. The van der Waals surface area contributed by atoms with Crippen molar-refractivity contribution in [3.05, 3.63) is 105 Å². The number of hydrogen-bond acceptors (Lipinski definition) is 5. The van der Waals surface area contributed by atoms with Gasteiger partial charge in [-0.2, -0.15) is 4.31 Å².